The molecule has 1 fully saturated rings. The Morgan fingerprint density at radius 1 is 0.833 bits per heavy atom. The number of amides is 2. The van der Waals surface area contributed by atoms with Gasteiger partial charge in [-0.1, -0.05) is 12.1 Å². The molecule has 0 bridgehead atoms. The Morgan fingerprint density at radius 2 is 1.50 bits per heavy atom. The lowest BCUT2D eigenvalue weighted by Gasteiger charge is -2.09. The van der Waals surface area contributed by atoms with Gasteiger partial charge in [0.05, 0.1) is 11.0 Å². The summed E-state index contributed by atoms with van der Waals surface area (Å²) in [6.07, 6.45) is 3.72. The van der Waals surface area contributed by atoms with E-state index in [1.165, 1.54) is 0 Å². The zero-order chi connectivity index (χ0) is 20.5. The molecule has 1 aromatic heterocycles. The Morgan fingerprint density at radius 3 is 2.20 bits per heavy atom. The third kappa shape index (κ3) is 3.67. The third-order valence-electron chi connectivity index (χ3n) is 5.22. The number of rotatable bonds is 5. The highest BCUT2D eigenvalue weighted by Crippen LogP contribution is 2.30. The molecule has 0 unspecified atom stereocenters. The maximum atomic E-state index is 12.6. The molecule has 4 aromatic rings. The van der Waals surface area contributed by atoms with Gasteiger partial charge in [0.1, 0.15) is 6.33 Å². The summed E-state index contributed by atoms with van der Waals surface area (Å²) in [5.74, 6) is 0.0389. The normalized spacial score (nSPS) is 13.2. The fourth-order valence-electron chi connectivity index (χ4n) is 3.37. The Balaban J connectivity index is 1.26. The van der Waals surface area contributed by atoms with Gasteiger partial charge in [0.15, 0.2) is 0 Å². The second-order valence-corrected chi connectivity index (χ2v) is 7.45. The van der Waals surface area contributed by atoms with E-state index < -0.39 is 0 Å². The molecule has 3 aromatic carbocycles. The monoisotopic (exact) mass is 396 g/mol. The van der Waals surface area contributed by atoms with E-state index >= 15 is 0 Å². The fraction of sp³-hybridized carbons (Fsp3) is 0.125. The van der Waals surface area contributed by atoms with Gasteiger partial charge in [0.25, 0.3) is 5.91 Å². The lowest BCUT2D eigenvalue weighted by molar-refractivity contribution is -0.117. The number of para-hydroxylation sites is 2. The van der Waals surface area contributed by atoms with E-state index in [9.17, 15) is 9.59 Å². The van der Waals surface area contributed by atoms with Crippen molar-refractivity contribution < 1.29 is 9.59 Å². The molecule has 1 aliphatic rings. The number of imidazole rings is 1. The first-order valence-corrected chi connectivity index (χ1v) is 9.92. The van der Waals surface area contributed by atoms with Crippen molar-refractivity contribution in [3.63, 3.8) is 0 Å². The van der Waals surface area contributed by atoms with E-state index in [2.05, 4.69) is 15.6 Å². The quantitative estimate of drug-likeness (QED) is 0.517. The molecule has 6 nitrogen and oxygen atoms in total. The molecular weight excluding hydrogens is 376 g/mol. The summed E-state index contributed by atoms with van der Waals surface area (Å²) < 4.78 is 1.99. The molecule has 2 N–H and O–H groups in total. The zero-order valence-electron chi connectivity index (χ0n) is 16.2. The number of nitrogens with one attached hydrogen (secondary N) is 2. The van der Waals surface area contributed by atoms with Crippen LogP contribution < -0.4 is 10.6 Å². The van der Waals surface area contributed by atoms with Crippen LogP contribution in [0.4, 0.5) is 11.4 Å². The number of aromatic nitrogens is 2. The highest BCUT2D eigenvalue weighted by atomic mass is 16.2. The average molecular weight is 396 g/mol. The van der Waals surface area contributed by atoms with Crippen LogP contribution in [0.3, 0.4) is 0 Å². The Labute approximate surface area is 173 Å². The maximum Gasteiger partial charge on any atom is 0.255 e. The first-order chi connectivity index (χ1) is 14.7. The van der Waals surface area contributed by atoms with Crippen LogP contribution in [0.5, 0.6) is 0 Å². The van der Waals surface area contributed by atoms with Gasteiger partial charge in [-0.15, -0.1) is 0 Å². The topological polar surface area (TPSA) is 76.0 Å². The molecule has 0 aliphatic heterocycles. The number of fused-ring (bicyclic) bond motifs is 1. The predicted molar refractivity (Wildman–Crippen MR) is 117 cm³/mol. The summed E-state index contributed by atoms with van der Waals surface area (Å²) in [4.78, 5) is 28.8. The van der Waals surface area contributed by atoms with Crippen molar-refractivity contribution in [2.24, 2.45) is 5.92 Å². The minimum Gasteiger partial charge on any atom is -0.326 e. The van der Waals surface area contributed by atoms with Crippen molar-refractivity contribution in [3.05, 3.63) is 84.7 Å². The summed E-state index contributed by atoms with van der Waals surface area (Å²) in [5.41, 5.74) is 4.86. The number of nitrogens with zero attached hydrogens (tertiary/aromatic N) is 2. The predicted octanol–water partition coefficient (Wildman–Crippen LogP) is 4.63. The second kappa shape index (κ2) is 7.48. The van der Waals surface area contributed by atoms with E-state index in [0.717, 1.165) is 35.2 Å². The molecule has 0 spiro atoms. The zero-order valence-corrected chi connectivity index (χ0v) is 16.2. The summed E-state index contributed by atoms with van der Waals surface area (Å²) in [6, 6.07) is 22.5. The van der Waals surface area contributed by atoms with Crippen LogP contribution in [0.1, 0.15) is 23.2 Å². The summed E-state index contributed by atoms with van der Waals surface area (Å²) in [6.45, 7) is 0. The van der Waals surface area contributed by atoms with Gasteiger partial charge in [0.2, 0.25) is 5.91 Å². The highest BCUT2D eigenvalue weighted by Gasteiger charge is 2.29. The minimum absolute atomic E-state index is 0.0672. The van der Waals surface area contributed by atoms with Gasteiger partial charge in [0, 0.05) is 28.5 Å². The smallest absolute Gasteiger partial charge is 0.255 e. The molecule has 1 aliphatic carbocycles. The molecule has 2 amide bonds. The Kier molecular flexibility index (Phi) is 4.52. The van der Waals surface area contributed by atoms with Crippen molar-refractivity contribution >= 4 is 34.2 Å². The lowest BCUT2D eigenvalue weighted by atomic mass is 10.1. The van der Waals surface area contributed by atoms with Crippen LogP contribution in [0.2, 0.25) is 0 Å². The van der Waals surface area contributed by atoms with Crippen LogP contribution in [0.25, 0.3) is 16.7 Å². The van der Waals surface area contributed by atoms with Crippen LogP contribution in [0.15, 0.2) is 79.1 Å². The summed E-state index contributed by atoms with van der Waals surface area (Å²) >= 11 is 0. The van der Waals surface area contributed by atoms with Crippen molar-refractivity contribution in [1.29, 1.82) is 0 Å². The first-order valence-electron chi connectivity index (χ1n) is 9.92. The van der Waals surface area contributed by atoms with Crippen molar-refractivity contribution in [1.82, 2.24) is 9.55 Å². The third-order valence-corrected chi connectivity index (χ3v) is 5.22. The van der Waals surface area contributed by atoms with Crippen molar-refractivity contribution in [2.75, 3.05) is 10.6 Å². The molecule has 0 saturated heterocycles. The van der Waals surface area contributed by atoms with E-state index in [1.54, 1.807) is 42.7 Å². The molecule has 0 radical (unpaired) electrons. The Hall–Kier alpha value is -3.93. The minimum atomic E-state index is -0.188. The fourth-order valence-corrected chi connectivity index (χ4v) is 3.37. The number of benzene rings is 3. The number of hydrogen-bond acceptors (Lipinski definition) is 3. The lowest BCUT2D eigenvalue weighted by Crippen LogP contribution is -2.14. The van der Waals surface area contributed by atoms with Gasteiger partial charge in [-0.05, 0) is 73.5 Å². The highest BCUT2D eigenvalue weighted by molar-refractivity contribution is 6.04. The van der Waals surface area contributed by atoms with Crippen LogP contribution in [-0.4, -0.2) is 21.4 Å². The van der Waals surface area contributed by atoms with Gasteiger partial charge in [-0.25, -0.2) is 4.98 Å². The maximum absolute atomic E-state index is 12.6. The van der Waals surface area contributed by atoms with E-state index in [1.807, 2.05) is 41.0 Å². The van der Waals surface area contributed by atoms with Crippen LogP contribution >= 0.6 is 0 Å². The summed E-state index contributed by atoms with van der Waals surface area (Å²) in [7, 11) is 0. The van der Waals surface area contributed by atoms with Crippen molar-refractivity contribution in [2.45, 2.75) is 12.8 Å². The van der Waals surface area contributed by atoms with Gasteiger partial charge < -0.3 is 10.6 Å². The molecule has 30 heavy (non-hydrogen) atoms. The standard InChI is InChI=1S/C24H20N4O2/c29-23(16-5-6-16)26-18-9-11-19(12-10-18)27-24(30)17-7-13-20(14-8-17)28-15-25-21-3-1-2-4-22(21)28/h1-4,7-16H,5-6H2,(H,26,29)(H,27,30). The van der Waals surface area contributed by atoms with E-state index in [-0.39, 0.29) is 17.7 Å². The molecule has 5 rings (SSSR count). The molecule has 1 saturated carbocycles. The Bertz CT molecular complexity index is 1220. The van der Waals surface area contributed by atoms with E-state index in [0.29, 0.717) is 11.3 Å². The largest absolute Gasteiger partial charge is 0.326 e. The molecule has 6 heteroatoms. The SMILES string of the molecule is O=C(Nc1ccc(NC(=O)C2CC2)cc1)c1ccc(-n2cnc3ccccc32)cc1. The molecule has 1 heterocycles. The van der Waals surface area contributed by atoms with Crippen LogP contribution in [0, 0.1) is 5.92 Å². The van der Waals surface area contributed by atoms with Gasteiger partial charge in [-0.2, -0.15) is 0 Å². The van der Waals surface area contributed by atoms with E-state index in [4.69, 9.17) is 0 Å². The van der Waals surface area contributed by atoms with Gasteiger partial charge in [-0.3, -0.25) is 14.2 Å². The number of hydrogen-bond donors (Lipinski definition) is 2. The number of anilines is 2. The van der Waals surface area contributed by atoms with Crippen LogP contribution in [-0.2, 0) is 4.79 Å². The summed E-state index contributed by atoms with van der Waals surface area (Å²) in [5, 5.41) is 5.78. The average Bonchev–Trinajstić information content (AvgIpc) is 3.55. The van der Waals surface area contributed by atoms with Crippen molar-refractivity contribution in [3.8, 4) is 5.69 Å². The number of carbonyl (C=O) groups excluding carboxylic acids is 2. The van der Waals surface area contributed by atoms with Gasteiger partial charge >= 0.3 is 0 Å². The first kappa shape index (κ1) is 18.1. The second-order valence-electron chi connectivity index (χ2n) is 7.45. The molecule has 148 valence electrons. The molecular formula is C24H20N4O2. The number of carbonyl (C=O) groups is 2. The molecule has 0 atom stereocenters.